The van der Waals surface area contributed by atoms with Crippen molar-refractivity contribution in [3.8, 4) is 5.75 Å². The van der Waals surface area contributed by atoms with Crippen LogP contribution < -0.4 is 10.1 Å². The van der Waals surface area contributed by atoms with Gasteiger partial charge in [-0.05, 0) is 32.0 Å². The van der Waals surface area contributed by atoms with Crippen molar-refractivity contribution in [2.24, 2.45) is 0 Å². The maximum atomic E-state index is 12.3. The number of alkyl halides is 2. The van der Waals surface area contributed by atoms with Crippen LogP contribution >= 0.6 is 11.6 Å². The number of nitrogens with zero attached hydrogens (tertiary/aromatic N) is 1. The highest BCUT2D eigenvalue weighted by Crippen LogP contribution is 2.24. The number of benzene rings is 1. The Hall–Kier alpha value is -1.60. The predicted octanol–water partition coefficient (Wildman–Crippen LogP) is 2.85. The second-order valence-electron chi connectivity index (χ2n) is 5.46. The molecule has 0 saturated carbocycles. The second-order valence-corrected chi connectivity index (χ2v) is 5.89. The first-order chi connectivity index (χ1) is 10.1. The topological polar surface area (TPSA) is 61.8 Å². The van der Waals surface area contributed by atoms with Crippen molar-refractivity contribution in [2.75, 3.05) is 13.6 Å². The van der Waals surface area contributed by atoms with Gasteiger partial charge in [0.05, 0.1) is 12.1 Å². The average Bonchev–Trinajstić information content (AvgIpc) is 2.36. The van der Waals surface area contributed by atoms with Gasteiger partial charge in [0.1, 0.15) is 5.75 Å². The molecule has 8 heteroatoms. The molecule has 22 heavy (non-hydrogen) atoms. The third-order valence-corrected chi connectivity index (χ3v) is 2.87. The molecule has 0 radical (unpaired) electrons. The van der Waals surface area contributed by atoms with Gasteiger partial charge in [0.2, 0.25) is 0 Å². The van der Waals surface area contributed by atoms with Crippen LogP contribution in [0.4, 0.5) is 13.6 Å². The van der Waals surface area contributed by atoms with Crippen molar-refractivity contribution in [3.05, 3.63) is 28.8 Å². The third-order valence-electron chi connectivity index (χ3n) is 2.64. The Morgan fingerprint density at radius 1 is 1.50 bits per heavy atom. The van der Waals surface area contributed by atoms with Crippen molar-refractivity contribution in [1.29, 1.82) is 0 Å². The molecule has 2 N–H and O–H groups in total. The van der Waals surface area contributed by atoms with Crippen LogP contribution in [-0.2, 0) is 6.54 Å². The van der Waals surface area contributed by atoms with Crippen molar-refractivity contribution in [1.82, 2.24) is 10.2 Å². The summed E-state index contributed by atoms with van der Waals surface area (Å²) in [6, 6.07) is 3.72. The van der Waals surface area contributed by atoms with E-state index in [1.54, 1.807) is 13.8 Å². The summed E-state index contributed by atoms with van der Waals surface area (Å²) in [5.41, 5.74) is -0.704. The first kappa shape index (κ1) is 18.4. The van der Waals surface area contributed by atoms with E-state index >= 15 is 0 Å². The first-order valence-electron chi connectivity index (χ1n) is 6.53. The third kappa shape index (κ3) is 6.44. The molecular weight excluding hydrogens is 318 g/mol. The average molecular weight is 337 g/mol. The SMILES string of the molecule is CN(CC(C)(C)O)C(=O)NCc1cc(Cl)ccc1OC(F)F. The Bertz CT molecular complexity index is 521. The lowest BCUT2D eigenvalue weighted by atomic mass is 10.1. The molecule has 0 saturated heterocycles. The number of ether oxygens (including phenoxy) is 1. The van der Waals surface area contributed by atoms with Crippen LogP contribution in [-0.4, -0.2) is 41.8 Å². The quantitative estimate of drug-likeness (QED) is 0.839. The monoisotopic (exact) mass is 336 g/mol. The molecule has 2 amide bonds. The number of carbonyl (C=O) groups excluding carboxylic acids is 1. The van der Waals surface area contributed by atoms with Gasteiger partial charge in [0.15, 0.2) is 0 Å². The van der Waals surface area contributed by atoms with Crippen LogP contribution in [0.1, 0.15) is 19.4 Å². The van der Waals surface area contributed by atoms with Crippen molar-refractivity contribution < 1.29 is 23.4 Å². The summed E-state index contributed by atoms with van der Waals surface area (Å²) in [7, 11) is 1.52. The summed E-state index contributed by atoms with van der Waals surface area (Å²) in [5.74, 6) is -0.0511. The van der Waals surface area contributed by atoms with Gasteiger partial charge in [-0.25, -0.2) is 4.79 Å². The van der Waals surface area contributed by atoms with Crippen LogP contribution in [0.15, 0.2) is 18.2 Å². The Morgan fingerprint density at radius 3 is 2.68 bits per heavy atom. The zero-order valence-electron chi connectivity index (χ0n) is 12.6. The van der Waals surface area contributed by atoms with Crippen molar-refractivity contribution in [3.63, 3.8) is 0 Å². The van der Waals surface area contributed by atoms with E-state index in [9.17, 15) is 18.7 Å². The van der Waals surface area contributed by atoms with Gasteiger partial charge in [-0.1, -0.05) is 11.6 Å². The number of amides is 2. The molecule has 0 atom stereocenters. The van der Waals surface area contributed by atoms with Crippen LogP contribution in [0.5, 0.6) is 5.75 Å². The highest BCUT2D eigenvalue weighted by atomic mass is 35.5. The maximum absolute atomic E-state index is 12.3. The standard InChI is InChI=1S/C14H19ClF2N2O3/c1-14(2,21)8-19(3)13(20)18-7-9-6-10(15)4-5-11(9)22-12(16)17/h4-6,12,21H,7-8H2,1-3H3,(H,18,20). The fraction of sp³-hybridized carbons (Fsp3) is 0.500. The summed E-state index contributed by atoms with van der Waals surface area (Å²) in [6.45, 7) is 0.269. The lowest BCUT2D eigenvalue weighted by Gasteiger charge is -2.25. The van der Waals surface area contributed by atoms with E-state index in [4.69, 9.17) is 11.6 Å². The minimum absolute atomic E-state index is 0.0301. The summed E-state index contributed by atoms with van der Waals surface area (Å²) >= 11 is 5.82. The Balaban J connectivity index is 2.70. The van der Waals surface area contributed by atoms with Gasteiger partial charge in [-0.15, -0.1) is 0 Å². The lowest BCUT2D eigenvalue weighted by Crippen LogP contribution is -2.44. The van der Waals surface area contributed by atoms with Crippen LogP contribution in [0.2, 0.25) is 5.02 Å². The molecular formula is C14H19ClF2N2O3. The van der Waals surface area contributed by atoms with E-state index in [0.29, 0.717) is 10.6 Å². The van der Waals surface area contributed by atoms with Gasteiger partial charge in [0, 0.05) is 24.2 Å². The number of aliphatic hydroxyl groups is 1. The van der Waals surface area contributed by atoms with E-state index in [1.807, 2.05) is 0 Å². The largest absolute Gasteiger partial charge is 0.434 e. The molecule has 0 heterocycles. The summed E-state index contributed by atoms with van der Waals surface area (Å²) in [4.78, 5) is 13.2. The number of carbonyl (C=O) groups is 1. The second kappa shape index (κ2) is 7.60. The smallest absolute Gasteiger partial charge is 0.387 e. The number of urea groups is 1. The van der Waals surface area contributed by atoms with Crippen molar-refractivity contribution in [2.45, 2.75) is 32.6 Å². The van der Waals surface area contributed by atoms with Gasteiger partial charge >= 0.3 is 12.6 Å². The molecule has 0 aromatic heterocycles. The van der Waals surface area contributed by atoms with Gasteiger partial charge in [-0.3, -0.25) is 0 Å². The number of halogens is 3. The molecule has 5 nitrogen and oxygen atoms in total. The predicted molar refractivity (Wildman–Crippen MR) is 79.2 cm³/mol. The minimum Gasteiger partial charge on any atom is -0.434 e. The van der Waals surface area contributed by atoms with E-state index in [2.05, 4.69) is 10.1 Å². The fourth-order valence-corrected chi connectivity index (χ4v) is 2.05. The molecule has 0 aliphatic heterocycles. The normalized spacial score (nSPS) is 11.5. The molecule has 1 rings (SSSR count). The molecule has 0 fully saturated rings. The highest BCUT2D eigenvalue weighted by Gasteiger charge is 2.19. The van der Waals surface area contributed by atoms with Gasteiger partial charge < -0.3 is 20.1 Å². The first-order valence-corrected chi connectivity index (χ1v) is 6.91. The highest BCUT2D eigenvalue weighted by molar-refractivity contribution is 6.30. The minimum atomic E-state index is -2.96. The van der Waals surface area contributed by atoms with Crippen LogP contribution in [0.3, 0.4) is 0 Å². The summed E-state index contributed by atoms with van der Waals surface area (Å²) < 4.78 is 29.0. The molecule has 0 spiro atoms. The molecule has 0 aliphatic carbocycles. The lowest BCUT2D eigenvalue weighted by molar-refractivity contribution is -0.0504. The van der Waals surface area contributed by atoms with E-state index in [-0.39, 0.29) is 18.8 Å². The Morgan fingerprint density at radius 2 is 2.14 bits per heavy atom. The summed E-state index contributed by atoms with van der Waals surface area (Å²) in [6.07, 6.45) is 0. The molecule has 0 bridgehead atoms. The fourth-order valence-electron chi connectivity index (χ4n) is 1.86. The number of nitrogens with one attached hydrogen (secondary N) is 1. The molecule has 124 valence electrons. The van der Waals surface area contributed by atoms with Gasteiger partial charge in [-0.2, -0.15) is 8.78 Å². The van der Waals surface area contributed by atoms with E-state index in [0.717, 1.165) is 0 Å². The number of hydrogen-bond acceptors (Lipinski definition) is 3. The molecule has 0 unspecified atom stereocenters. The number of hydrogen-bond donors (Lipinski definition) is 2. The number of rotatable bonds is 6. The van der Waals surface area contributed by atoms with E-state index in [1.165, 1.54) is 30.1 Å². The van der Waals surface area contributed by atoms with Crippen LogP contribution in [0.25, 0.3) is 0 Å². The Kier molecular flexibility index (Phi) is 6.37. The molecule has 1 aromatic rings. The summed E-state index contributed by atoms with van der Waals surface area (Å²) in [5, 5.41) is 12.6. The van der Waals surface area contributed by atoms with Gasteiger partial charge in [0.25, 0.3) is 0 Å². The molecule has 1 aromatic carbocycles. The molecule has 0 aliphatic rings. The van der Waals surface area contributed by atoms with Crippen LogP contribution in [0, 0.1) is 0 Å². The Labute approximate surface area is 132 Å². The zero-order valence-corrected chi connectivity index (χ0v) is 13.3. The zero-order chi connectivity index (χ0) is 16.9. The number of likely N-dealkylation sites (N-methyl/N-ethyl adjacent to an activating group) is 1. The van der Waals surface area contributed by atoms with E-state index < -0.39 is 18.2 Å². The van der Waals surface area contributed by atoms with Crippen molar-refractivity contribution >= 4 is 17.6 Å². The maximum Gasteiger partial charge on any atom is 0.387 e.